The average molecular weight is 403 g/mol. The van der Waals surface area contributed by atoms with Crippen molar-refractivity contribution >= 4 is 5.91 Å². The van der Waals surface area contributed by atoms with Gasteiger partial charge in [0.25, 0.3) is 0 Å². The van der Waals surface area contributed by atoms with E-state index in [0.29, 0.717) is 31.3 Å². The van der Waals surface area contributed by atoms with E-state index in [1.54, 1.807) is 12.1 Å². The highest BCUT2D eigenvalue weighted by Gasteiger charge is 2.43. The van der Waals surface area contributed by atoms with Gasteiger partial charge in [0.15, 0.2) is 11.5 Å². The first-order valence-electron chi connectivity index (χ1n) is 9.79. The Labute approximate surface area is 168 Å². The molecule has 1 aliphatic carbocycles. The second kappa shape index (κ2) is 8.27. The smallest absolute Gasteiger partial charge is 0.387 e. The number of carbonyl (C=O) groups is 1. The van der Waals surface area contributed by atoms with Gasteiger partial charge in [0.1, 0.15) is 19.0 Å². The average Bonchev–Trinajstić information content (AvgIpc) is 3.23. The van der Waals surface area contributed by atoms with Crippen molar-refractivity contribution < 1.29 is 27.8 Å². The molecule has 154 valence electrons. The molecule has 7 heteroatoms. The van der Waals surface area contributed by atoms with E-state index >= 15 is 0 Å². The molecule has 1 amide bonds. The van der Waals surface area contributed by atoms with Crippen molar-refractivity contribution in [3.05, 3.63) is 53.6 Å². The van der Waals surface area contributed by atoms with Gasteiger partial charge in [-0.05, 0) is 48.2 Å². The summed E-state index contributed by atoms with van der Waals surface area (Å²) in [7, 11) is 0. The summed E-state index contributed by atoms with van der Waals surface area (Å²) < 4.78 is 40.2. The van der Waals surface area contributed by atoms with Crippen molar-refractivity contribution in [2.24, 2.45) is 0 Å². The molecule has 2 aliphatic rings. The van der Waals surface area contributed by atoms with Crippen LogP contribution in [0.15, 0.2) is 42.5 Å². The number of fused-ring (bicyclic) bond motifs is 1. The van der Waals surface area contributed by atoms with Gasteiger partial charge in [0.05, 0.1) is 5.41 Å². The van der Waals surface area contributed by atoms with Crippen LogP contribution in [0.25, 0.3) is 0 Å². The molecule has 0 bridgehead atoms. The Balaban J connectivity index is 1.48. The van der Waals surface area contributed by atoms with Crippen molar-refractivity contribution in [3.63, 3.8) is 0 Å². The van der Waals surface area contributed by atoms with E-state index < -0.39 is 12.0 Å². The molecule has 1 fully saturated rings. The maximum absolute atomic E-state index is 13.2. The number of hydrogen-bond acceptors (Lipinski definition) is 4. The lowest BCUT2D eigenvalue weighted by atomic mass is 9.77. The number of ether oxygens (including phenoxy) is 3. The van der Waals surface area contributed by atoms with Crippen LogP contribution in [0.1, 0.15) is 36.8 Å². The molecule has 2 aromatic rings. The van der Waals surface area contributed by atoms with Crippen LogP contribution in [0.4, 0.5) is 8.78 Å². The summed E-state index contributed by atoms with van der Waals surface area (Å²) in [5.41, 5.74) is 1.17. The molecule has 0 radical (unpaired) electrons. The third-order valence-corrected chi connectivity index (χ3v) is 5.59. The van der Waals surface area contributed by atoms with Crippen LogP contribution in [0.3, 0.4) is 0 Å². The zero-order valence-corrected chi connectivity index (χ0v) is 16.0. The zero-order valence-electron chi connectivity index (χ0n) is 16.0. The third-order valence-electron chi connectivity index (χ3n) is 5.59. The van der Waals surface area contributed by atoms with Gasteiger partial charge in [-0.2, -0.15) is 8.78 Å². The van der Waals surface area contributed by atoms with Crippen molar-refractivity contribution in [1.82, 2.24) is 5.32 Å². The number of carbonyl (C=O) groups excluding carboxylic acids is 1. The SMILES string of the molecule is O=C(NCc1ccc(OC(F)F)cc1)C1(c2ccc3c(c2)OCCO3)CCCC1. The highest BCUT2D eigenvalue weighted by Crippen LogP contribution is 2.44. The fourth-order valence-electron chi connectivity index (χ4n) is 4.11. The molecule has 1 heterocycles. The first-order chi connectivity index (χ1) is 14.1. The van der Waals surface area contributed by atoms with E-state index in [9.17, 15) is 13.6 Å². The van der Waals surface area contributed by atoms with E-state index in [0.717, 1.165) is 36.8 Å². The van der Waals surface area contributed by atoms with Crippen LogP contribution in [0.5, 0.6) is 17.2 Å². The van der Waals surface area contributed by atoms with Crippen LogP contribution in [-0.2, 0) is 16.8 Å². The standard InChI is InChI=1S/C22H23F2NO4/c23-21(24)29-17-6-3-15(4-7-17)14-25-20(26)22(9-1-2-10-22)16-5-8-18-19(13-16)28-12-11-27-18/h3-8,13,21H,1-2,9-12,14H2,(H,25,26). The molecule has 5 nitrogen and oxygen atoms in total. The van der Waals surface area contributed by atoms with E-state index in [1.807, 2.05) is 18.2 Å². The number of halogens is 2. The molecule has 1 aliphatic heterocycles. The molecular weight excluding hydrogens is 380 g/mol. The van der Waals surface area contributed by atoms with Gasteiger partial charge in [-0.3, -0.25) is 4.79 Å². The first kappa shape index (κ1) is 19.5. The highest BCUT2D eigenvalue weighted by atomic mass is 19.3. The lowest BCUT2D eigenvalue weighted by molar-refractivity contribution is -0.126. The normalized spacial score (nSPS) is 17.2. The molecule has 2 aromatic carbocycles. The largest absolute Gasteiger partial charge is 0.486 e. The van der Waals surface area contributed by atoms with Gasteiger partial charge in [-0.15, -0.1) is 0 Å². The van der Waals surface area contributed by atoms with E-state index in [2.05, 4.69) is 10.1 Å². The number of benzene rings is 2. The van der Waals surface area contributed by atoms with Crippen molar-refractivity contribution in [2.45, 2.75) is 44.3 Å². The molecule has 0 spiro atoms. The number of hydrogen-bond donors (Lipinski definition) is 1. The van der Waals surface area contributed by atoms with Crippen LogP contribution >= 0.6 is 0 Å². The van der Waals surface area contributed by atoms with Gasteiger partial charge < -0.3 is 19.5 Å². The molecule has 0 aromatic heterocycles. The van der Waals surface area contributed by atoms with Gasteiger partial charge in [0.2, 0.25) is 5.91 Å². The fraction of sp³-hybridized carbons (Fsp3) is 0.409. The molecule has 4 rings (SSSR count). The van der Waals surface area contributed by atoms with Gasteiger partial charge in [-0.1, -0.05) is 31.0 Å². The third kappa shape index (κ3) is 4.13. The van der Waals surface area contributed by atoms with Crippen LogP contribution in [0, 0.1) is 0 Å². The summed E-state index contributed by atoms with van der Waals surface area (Å²) in [6, 6.07) is 12.0. The molecule has 1 N–H and O–H groups in total. The van der Waals surface area contributed by atoms with Crippen molar-refractivity contribution in [1.29, 1.82) is 0 Å². The van der Waals surface area contributed by atoms with E-state index in [1.165, 1.54) is 12.1 Å². The van der Waals surface area contributed by atoms with Crippen LogP contribution in [0.2, 0.25) is 0 Å². The number of amides is 1. The number of rotatable bonds is 6. The zero-order chi connectivity index (χ0) is 20.3. The minimum Gasteiger partial charge on any atom is -0.486 e. The van der Waals surface area contributed by atoms with Gasteiger partial charge >= 0.3 is 6.61 Å². The monoisotopic (exact) mass is 403 g/mol. The Hall–Kier alpha value is -2.83. The second-order valence-electron chi connectivity index (χ2n) is 7.35. The van der Waals surface area contributed by atoms with Crippen molar-refractivity contribution in [3.8, 4) is 17.2 Å². The van der Waals surface area contributed by atoms with Crippen LogP contribution < -0.4 is 19.5 Å². The summed E-state index contributed by atoms with van der Waals surface area (Å²) in [5, 5.41) is 3.02. The van der Waals surface area contributed by atoms with Gasteiger partial charge in [-0.25, -0.2) is 0 Å². The predicted octanol–water partition coefficient (Wildman–Crippen LogP) is 4.19. The van der Waals surface area contributed by atoms with Crippen LogP contribution in [-0.4, -0.2) is 25.7 Å². The topological polar surface area (TPSA) is 56.8 Å². The Kier molecular flexibility index (Phi) is 5.56. The molecular formula is C22H23F2NO4. The quantitative estimate of drug-likeness (QED) is 0.786. The summed E-state index contributed by atoms with van der Waals surface area (Å²) in [6.07, 6.45) is 3.53. The first-order valence-corrected chi connectivity index (χ1v) is 9.79. The lowest BCUT2D eigenvalue weighted by Gasteiger charge is -2.30. The lowest BCUT2D eigenvalue weighted by Crippen LogP contribution is -2.42. The van der Waals surface area contributed by atoms with E-state index in [4.69, 9.17) is 9.47 Å². The Bertz CT molecular complexity index is 864. The summed E-state index contributed by atoms with van der Waals surface area (Å²) in [6.45, 7) is -1.51. The summed E-state index contributed by atoms with van der Waals surface area (Å²) in [5.74, 6) is 1.46. The fourth-order valence-corrected chi connectivity index (χ4v) is 4.11. The number of alkyl halides is 2. The highest BCUT2D eigenvalue weighted by molar-refractivity contribution is 5.88. The summed E-state index contributed by atoms with van der Waals surface area (Å²) in [4.78, 5) is 13.2. The maximum Gasteiger partial charge on any atom is 0.387 e. The van der Waals surface area contributed by atoms with Crippen molar-refractivity contribution in [2.75, 3.05) is 13.2 Å². The Morgan fingerprint density at radius 3 is 2.41 bits per heavy atom. The second-order valence-corrected chi connectivity index (χ2v) is 7.35. The predicted molar refractivity (Wildman–Crippen MR) is 102 cm³/mol. The molecule has 0 saturated heterocycles. The molecule has 0 atom stereocenters. The Morgan fingerprint density at radius 1 is 1.03 bits per heavy atom. The molecule has 29 heavy (non-hydrogen) atoms. The molecule has 0 unspecified atom stereocenters. The molecule has 1 saturated carbocycles. The minimum absolute atomic E-state index is 0.0282. The number of nitrogens with one attached hydrogen (secondary N) is 1. The maximum atomic E-state index is 13.2. The summed E-state index contributed by atoms with van der Waals surface area (Å²) >= 11 is 0. The Morgan fingerprint density at radius 2 is 1.72 bits per heavy atom. The minimum atomic E-state index is -2.85. The van der Waals surface area contributed by atoms with Gasteiger partial charge in [0, 0.05) is 6.54 Å². The van der Waals surface area contributed by atoms with E-state index in [-0.39, 0.29) is 11.7 Å².